The number of para-hydroxylation sites is 1. The van der Waals surface area contributed by atoms with E-state index in [0.717, 1.165) is 56.1 Å². The molecule has 1 aromatic heterocycles. The number of fused-ring (bicyclic) bond motifs is 1. The molecular formula is C26H31NO4. The molecule has 0 saturated heterocycles. The number of nitrogens with one attached hydrogen (secondary N) is 1. The Balaban J connectivity index is 1.82. The molecule has 1 amide bonds. The van der Waals surface area contributed by atoms with E-state index in [1.807, 2.05) is 58.9 Å². The zero-order valence-corrected chi connectivity index (χ0v) is 19.2. The van der Waals surface area contributed by atoms with E-state index in [0.29, 0.717) is 19.6 Å². The Bertz CT molecular complexity index is 1120. The maximum Gasteiger partial charge on any atom is 0.244 e. The van der Waals surface area contributed by atoms with Crippen molar-refractivity contribution in [3.63, 3.8) is 0 Å². The molecule has 3 rings (SSSR count). The van der Waals surface area contributed by atoms with Crippen molar-refractivity contribution < 1.29 is 18.7 Å². The Morgan fingerprint density at radius 3 is 2.61 bits per heavy atom. The Morgan fingerprint density at radius 2 is 1.90 bits per heavy atom. The van der Waals surface area contributed by atoms with Gasteiger partial charge in [0.25, 0.3) is 0 Å². The van der Waals surface area contributed by atoms with Gasteiger partial charge in [-0.25, -0.2) is 0 Å². The number of rotatable bonds is 8. The minimum Gasteiger partial charge on any atom is -0.496 e. The molecule has 164 valence electrons. The summed E-state index contributed by atoms with van der Waals surface area (Å²) < 4.78 is 17.3. The van der Waals surface area contributed by atoms with E-state index in [9.17, 15) is 4.79 Å². The summed E-state index contributed by atoms with van der Waals surface area (Å²) in [5.41, 5.74) is 5.73. The smallest absolute Gasteiger partial charge is 0.244 e. The Labute approximate surface area is 184 Å². The maximum atomic E-state index is 12.6. The predicted octanol–water partition coefficient (Wildman–Crippen LogP) is 5.53. The van der Waals surface area contributed by atoms with E-state index >= 15 is 0 Å². The number of furan rings is 1. The highest BCUT2D eigenvalue weighted by Gasteiger charge is 2.18. The van der Waals surface area contributed by atoms with Gasteiger partial charge in [-0.15, -0.1) is 0 Å². The van der Waals surface area contributed by atoms with E-state index in [-0.39, 0.29) is 5.91 Å². The topological polar surface area (TPSA) is 60.7 Å². The quantitative estimate of drug-likeness (QED) is 0.486. The summed E-state index contributed by atoms with van der Waals surface area (Å²) in [7, 11) is 1.65. The number of hydrogen-bond donors (Lipinski definition) is 1. The van der Waals surface area contributed by atoms with Crippen LogP contribution in [0.25, 0.3) is 16.5 Å². The van der Waals surface area contributed by atoms with E-state index < -0.39 is 0 Å². The number of ether oxygens (including phenoxy) is 2. The van der Waals surface area contributed by atoms with Crippen LogP contribution in [-0.2, 0) is 11.2 Å². The van der Waals surface area contributed by atoms with Crippen LogP contribution >= 0.6 is 0 Å². The van der Waals surface area contributed by atoms with Gasteiger partial charge in [0, 0.05) is 29.1 Å². The monoisotopic (exact) mass is 421 g/mol. The molecule has 1 heterocycles. The molecule has 0 aliphatic heterocycles. The molecule has 1 N–H and O–H groups in total. The van der Waals surface area contributed by atoms with Gasteiger partial charge in [0.15, 0.2) is 0 Å². The number of allylic oxidation sites excluding steroid dienone is 1. The standard InChI is InChI=1S/C26H31NO4/c1-7-30-25-18(4)26-22(17(3)19(5)31-26)15-21(25)16(2)14-24(28)27-13-12-20-10-8-9-11-23(20)29-6/h8-11,14-15H,7,12-13H2,1-6H3,(H,27,28)/b16-14+. The van der Waals surface area contributed by atoms with Crippen molar-refractivity contribution >= 4 is 22.4 Å². The first-order chi connectivity index (χ1) is 14.9. The zero-order chi connectivity index (χ0) is 22.5. The molecule has 0 unspecified atom stereocenters. The molecule has 0 spiro atoms. The largest absolute Gasteiger partial charge is 0.496 e. The second-order valence-corrected chi connectivity index (χ2v) is 7.65. The fourth-order valence-corrected chi connectivity index (χ4v) is 3.79. The van der Waals surface area contributed by atoms with E-state index in [2.05, 4.69) is 11.4 Å². The number of amides is 1. The SMILES string of the molecule is CCOc1c(/C(C)=C/C(=O)NCCc2ccccc2OC)cc2c(C)c(C)oc2c1C. The van der Waals surface area contributed by atoms with Gasteiger partial charge in [-0.05, 0) is 69.9 Å². The number of aryl methyl sites for hydroxylation is 3. The number of benzene rings is 2. The van der Waals surface area contributed by atoms with Gasteiger partial charge in [-0.3, -0.25) is 4.79 Å². The molecular weight excluding hydrogens is 390 g/mol. The first-order valence-corrected chi connectivity index (χ1v) is 10.6. The van der Waals surface area contributed by atoms with Crippen molar-refractivity contribution in [2.45, 2.75) is 41.0 Å². The first kappa shape index (κ1) is 22.5. The number of carbonyl (C=O) groups excluding carboxylic acids is 1. The van der Waals surface area contributed by atoms with Crippen molar-refractivity contribution in [1.29, 1.82) is 0 Å². The first-order valence-electron chi connectivity index (χ1n) is 10.6. The third kappa shape index (κ3) is 4.76. The highest BCUT2D eigenvalue weighted by Crippen LogP contribution is 2.38. The molecule has 0 fully saturated rings. The molecule has 0 aliphatic carbocycles. The van der Waals surface area contributed by atoms with E-state index in [1.54, 1.807) is 13.2 Å². The lowest BCUT2D eigenvalue weighted by atomic mass is 9.98. The normalized spacial score (nSPS) is 11.6. The molecule has 3 aromatic rings. The van der Waals surface area contributed by atoms with Crippen LogP contribution in [0.1, 0.15) is 41.9 Å². The molecule has 5 nitrogen and oxygen atoms in total. The third-order valence-electron chi connectivity index (χ3n) is 5.59. The predicted molar refractivity (Wildman–Crippen MR) is 125 cm³/mol. The summed E-state index contributed by atoms with van der Waals surface area (Å²) in [5, 5.41) is 4.03. The minimum atomic E-state index is -0.132. The summed E-state index contributed by atoms with van der Waals surface area (Å²) in [5.74, 6) is 2.36. The van der Waals surface area contributed by atoms with Gasteiger partial charge < -0.3 is 19.2 Å². The Hall–Kier alpha value is -3.21. The molecule has 0 aliphatic rings. The molecule has 2 aromatic carbocycles. The van der Waals surface area contributed by atoms with E-state index in [1.165, 1.54) is 0 Å². The van der Waals surface area contributed by atoms with Crippen molar-refractivity contribution in [1.82, 2.24) is 5.32 Å². The van der Waals surface area contributed by atoms with Crippen LogP contribution < -0.4 is 14.8 Å². The van der Waals surface area contributed by atoms with Crippen LogP contribution in [0.15, 0.2) is 40.8 Å². The fraction of sp³-hybridized carbons (Fsp3) is 0.346. The summed E-state index contributed by atoms with van der Waals surface area (Å²) in [4.78, 5) is 12.6. The summed E-state index contributed by atoms with van der Waals surface area (Å²) in [6.45, 7) is 11.0. The van der Waals surface area contributed by atoms with Gasteiger partial charge in [0.05, 0.1) is 13.7 Å². The van der Waals surface area contributed by atoms with Crippen LogP contribution in [0.2, 0.25) is 0 Å². The van der Waals surface area contributed by atoms with Crippen molar-refractivity contribution in [2.75, 3.05) is 20.3 Å². The fourth-order valence-electron chi connectivity index (χ4n) is 3.79. The van der Waals surface area contributed by atoms with Crippen LogP contribution in [0.3, 0.4) is 0 Å². The molecule has 0 saturated carbocycles. The van der Waals surface area contributed by atoms with Crippen LogP contribution in [0, 0.1) is 20.8 Å². The lowest BCUT2D eigenvalue weighted by Crippen LogP contribution is -2.24. The van der Waals surface area contributed by atoms with Gasteiger partial charge in [0.2, 0.25) is 5.91 Å². The molecule has 31 heavy (non-hydrogen) atoms. The average Bonchev–Trinajstić information content (AvgIpc) is 3.04. The second kappa shape index (κ2) is 9.73. The molecule has 5 heteroatoms. The lowest BCUT2D eigenvalue weighted by molar-refractivity contribution is -0.116. The highest BCUT2D eigenvalue weighted by molar-refractivity contribution is 5.98. The number of carbonyl (C=O) groups is 1. The number of methoxy groups -OCH3 is 1. The minimum absolute atomic E-state index is 0.132. The average molecular weight is 422 g/mol. The van der Waals surface area contributed by atoms with Crippen LogP contribution in [-0.4, -0.2) is 26.2 Å². The van der Waals surface area contributed by atoms with Crippen molar-refractivity contribution in [2.24, 2.45) is 0 Å². The summed E-state index contributed by atoms with van der Waals surface area (Å²) >= 11 is 0. The van der Waals surface area contributed by atoms with E-state index in [4.69, 9.17) is 13.9 Å². The molecule has 0 atom stereocenters. The lowest BCUT2D eigenvalue weighted by Gasteiger charge is -2.14. The van der Waals surface area contributed by atoms with Gasteiger partial charge in [-0.2, -0.15) is 0 Å². The van der Waals surface area contributed by atoms with Gasteiger partial charge in [-0.1, -0.05) is 18.2 Å². The molecule has 0 bridgehead atoms. The third-order valence-corrected chi connectivity index (χ3v) is 5.59. The van der Waals surface area contributed by atoms with Gasteiger partial charge in [0.1, 0.15) is 22.8 Å². The Morgan fingerprint density at radius 1 is 1.16 bits per heavy atom. The number of hydrogen-bond acceptors (Lipinski definition) is 4. The maximum absolute atomic E-state index is 12.6. The van der Waals surface area contributed by atoms with Crippen LogP contribution in [0.4, 0.5) is 0 Å². The van der Waals surface area contributed by atoms with Crippen molar-refractivity contribution in [3.05, 3.63) is 64.4 Å². The zero-order valence-electron chi connectivity index (χ0n) is 19.2. The second-order valence-electron chi connectivity index (χ2n) is 7.65. The summed E-state index contributed by atoms with van der Waals surface area (Å²) in [6, 6.07) is 9.90. The van der Waals surface area contributed by atoms with Gasteiger partial charge >= 0.3 is 0 Å². The summed E-state index contributed by atoms with van der Waals surface area (Å²) in [6.07, 6.45) is 2.33. The van der Waals surface area contributed by atoms with Crippen molar-refractivity contribution in [3.8, 4) is 11.5 Å². The van der Waals surface area contributed by atoms with Crippen LogP contribution in [0.5, 0.6) is 11.5 Å². The molecule has 0 radical (unpaired) electrons. The Kier molecular flexibility index (Phi) is 7.06. The highest BCUT2D eigenvalue weighted by atomic mass is 16.5.